The van der Waals surface area contributed by atoms with Gasteiger partial charge in [-0.3, -0.25) is 9.36 Å². The first-order chi connectivity index (χ1) is 18.2. The van der Waals surface area contributed by atoms with Crippen molar-refractivity contribution >= 4 is 18.7 Å². The summed E-state index contributed by atoms with van der Waals surface area (Å²) in [5, 5.41) is 0.597. The third-order valence-electron chi connectivity index (χ3n) is 10.7. The SMILES string of the molecule is C=C1COP(=O)(c2ccc([C@H]3C[C@@]4(C)[C@@H](CC[C@]45OCCC5=C)[C@@H]4CCC5=CC(=O)CCC5=C43)cc2)OC1. The average molecular weight is 533 g/mol. The molecule has 1 spiro atoms. The maximum Gasteiger partial charge on any atom is 0.361 e. The zero-order valence-electron chi connectivity index (χ0n) is 22.3. The van der Waals surface area contributed by atoms with Gasteiger partial charge in [-0.2, -0.15) is 0 Å². The zero-order valence-corrected chi connectivity index (χ0v) is 23.2. The highest BCUT2D eigenvalue weighted by molar-refractivity contribution is 7.62. The molecule has 6 aliphatic rings. The summed E-state index contributed by atoms with van der Waals surface area (Å²) < 4.78 is 31.2. The molecule has 38 heavy (non-hydrogen) atoms. The Bertz CT molecular complexity index is 1340. The fourth-order valence-corrected chi connectivity index (χ4v) is 10.5. The van der Waals surface area contributed by atoms with Gasteiger partial charge in [0.05, 0.1) is 30.7 Å². The quantitative estimate of drug-likeness (QED) is 0.313. The van der Waals surface area contributed by atoms with Gasteiger partial charge < -0.3 is 13.8 Å². The number of hydrogen-bond acceptors (Lipinski definition) is 5. The molecule has 0 amide bonds. The summed E-state index contributed by atoms with van der Waals surface area (Å²) in [5.74, 6) is 1.54. The normalized spacial score (nSPS) is 38.2. The number of fused-ring (bicyclic) bond motifs is 5. The van der Waals surface area contributed by atoms with Crippen molar-refractivity contribution in [2.24, 2.45) is 17.3 Å². The van der Waals surface area contributed by atoms with Gasteiger partial charge in [0.1, 0.15) is 0 Å². The molecule has 2 heterocycles. The van der Waals surface area contributed by atoms with Gasteiger partial charge in [0.2, 0.25) is 0 Å². The lowest BCUT2D eigenvalue weighted by atomic mass is 9.50. The molecule has 0 aromatic heterocycles. The molecule has 5 nitrogen and oxygen atoms in total. The van der Waals surface area contributed by atoms with Crippen LogP contribution in [0, 0.1) is 17.3 Å². The van der Waals surface area contributed by atoms with E-state index in [2.05, 4.69) is 32.2 Å². The van der Waals surface area contributed by atoms with Crippen molar-refractivity contribution in [3.63, 3.8) is 0 Å². The van der Waals surface area contributed by atoms with Gasteiger partial charge in [0.15, 0.2) is 5.78 Å². The minimum Gasteiger partial charge on any atom is -0.370 e. The lowest BCUT2D eigenvalue weighted by Gasteiger charge is -2.55. The van der Waals surface area contributed by atoms with E-state index in [4.69, 9.17) is 13.8 Å². The van der Waals surface area contributed by atoms with E-state index >= 15 is 0 Å². The van der Waals surface area contributed by atoms with Crippen LogP contribution in [0.4, 0.5) is 0 Å². The minimum absolute atomic E-state index is 0.00701. The van der Waals surface area contributed by atoms with Crippen LogP contribution in [0.2, 0.25) is 0 Å². The van der Waals surface area contributed by atoms with Gasteiger partial charge in [-0.25, -0.2) is 0 Å². The number of carbonyl (C=O) groups is 1. The minimum atomic E-state index is -3.34. The maximum atomic E-state index is 13.4. The third kappa shape index (κ3) is 3.48. The van der Waals surface area contributed by atoms with Gasteiger partial charge in [-0.15, -0.1) is 0 Å². The van der Waals surface area contributed by atoms with Crippen LogP contribution < -0.4 is 5.30 Å². The fraction of sp³-hybridized carbons (Fsp3) is 0.531. The standard InChI is InChI=1S/C32H37O5P/c1-20-18-36-38(34,37-19-20)25-8-4-22(5-9-25)28-17-31(3)29(12-14-32(31)21(2)13-15-35-32)27-10-6-23-16-24(33)7-11-26(23)30(27)28/h4-5,8-9,16,27-29H,1-2,6-7,10-15,17-19H2,3H3/t27-,28+,29-,31-,32+/m0/s1. The second-order valence-corrected chi connectivity index (χ2v) is 14.5. The molecule has 0 bridgehead atoms. The molecule has 2 saturated carbocycles. The van der Waals surface area contributed by atoms with Crippen LogP contribution in [-0.2, 0) is 23.1 Å². The molecule has 6 heteroatoms. The number of hydrogen-bond donors (Lipinski definition) is 0. The van der Waals surface area contributed by atoms with Crippen molar-refractivity contribution in [2.45, 2.75) is 69.8 Å². The Morgan fingerprint density at radius 3 is 2.47 bits per heavy atom. The first-order valence-corrected chi connectivity index (χ1v) is 15.7. The van der Waals surface area contributed by atoms with Crippen molar-refractivity contribution in [1.29, 1.82) is 0 Å². The molecular weight excluding hydrogens is 495 g/mol. The Balaban J connectivity index is 1.33. The number of rotatable bonds is 2. The van der Waals surface area contributed by atoms with Gasteiger partial charge in [-0.1, -0.05) is 37.8 Å². The molecule has 4 aliphatic carbocycles. The number of allylic oxidation sites excluding steroid dienone is 4. The van der Waals surface area contributed by atoms with Crippen LogP contribution in [0.3, 0.4) is 0 Å². The Hall–Kier alpha value is -2.04. The maximum absolute atomic E-state index is 13.4. The first kappa shape index (κ1) is 25.0. The van der Waals surface area contributed by atoms with E-state index in [0.717, 1.165) is 50.7 Å². The Kier molecular flexibility index (Phi) is 5.73. The summed E-state index contributed by atoms with van der Waals surface area (Å²) >= 11 is 0. The van der Waals surface area contributed by atoms with Crippen molar-refractivity contribution in [2.75, 3.05) is 19.8 Å². The highest BCUT2D eigenvalue weighted by Gasteiger charge is 2.65. The first-order valence-electron chi connectivity index (χ1n) is 14.2. The average Bonchev–Trinajstić information content (AvgIpc) is 3.45. The van der Waals surface area contributed by atoms with Crippen molar-refractivity contribution in [3.8, 4) is 0 Å². The van der Waals surface area contributed by atoms with Crippen molar-refractivity contribution < 1.29 is 23.1 Å². The van der Waals surface area contributed by atoms with Crippen molar-refractivity contribution in [1.82, 2.24) is 0 Å². The van der Waals surface area contributed by atoms with E-state index in [1.54, 1.807) is 5.57 Å². The van der Waals surface area contributed by atoms with Crippen LogP contribution in [0.5, 0.6) is 0 Å². The Morgan fingerprint density at radius 1 is 1.00 bits per heavy atom. The molecule has 2 aliphatic heterocycles. The van der Waals surface area contributed by atoms with Crippen LogP contribution in [-0.4, -0.2) is 31.2 Å². The molecule has 1 aromatic carbocycles. The zero-order chi connectivity index (χ0) is 26.3. The van der Waals surface area contributed by atoms with Gasteiger partial charge in [0.25, 0.3) is 0 Å². The summed E-state index contributed by atoms with van der Waals surface area (Å²) in [6.07, 6.45) is 9.64. The Morgan fingerprint density at radius 2 is 1.76 bits per heavy atom. The molecule has 2 saturated heterocycles. The van der Waals surface area contributed by atoms with E-state index in [9.17, 15) is 9.36 Å². The molecule has 0 N–H and O–H groups in total. The highest BCUT2D eigenvalue weighted by Crippen LogP contribution is 2.70. The van der Waals surface area contributed by atoms with Gasteiger partial charge in [-0.05, 0) is 103 Å². The second-order valence-electron chi connectivity index (χ2n) is 12.4. The van der Waals surface area contributed by atoms with Crippen molar-refractivity contribution in [3.05, 3.63) is 76.9 Å². The van der Waals surface area contributed by atoms with Crippen LogP contribution >= 0.6 is 7.60 Å². The van der Waals surface area contributed by atoms with E-state index < -0.39 is 7.60 Å². The van der Waals surface area contributed by atoms with E-state index in [-0.39, 0.29) is 35.9 Å². The highest BCUT2D eigenvalue weighted by atomic mass is 31.2. The molecule has 1 aromatic rings. The molecule has 0 radical (unpaired) electrons. The van der Waals surface area contributed by atoms with Crippen LogP contribution in [0.15, 0.2) is 71.4 Å². The van der Waals surface area contributed by atoms with E-state index in [0.29, 0.717) is 23.6 Å². The second kappa shape index (κ2) is 8.73. The summed E-state index contributed by atoms with van der Waals surface area (Å²) in [4.78, 5) is 12.3. The molecule has 4 fully saturated rings. The topological polar surface area (TPSA) is 61.8 Å². The lowest BCUT2D eigenvalue weighted by molar-refractivity contribution is -0.114. The predicted molar refractivity (Wildman–Crippen MR) is 147 cm³/mol. The van der Waals surface area contributed by atoms with E-state index in [1.165, 1.54) is 28.7 Å². The molecular formula is C32H37O5P. The summed E-state index contributed by atoms with van der Waals surface area (Å²) in [7, 11) is -3.34. The molecule has 0 unspecified atom stereocenters. The summed E-state index contributed by atoms with van der Waals surface area (Å²) in [6, 6.07) is 8.11. The third-order valence-corrected chi connectivity index (χ3v) is 12.5. The summed E-state index contributed by atoms with van der Waals surface area (Å²) in [5.41, 5.74) is 7.34. The monoisotopic (exact) mass is 532 g/mol. The van der Waals surface area contributed by atoms with Crippen LogP contribution in [0.25, 0.3) is 0 Å². The largest absolute Gasteiger partial charge is 0.370 e. The Labute approximate surface area is 225 Å². The molecule has 5 atom stereocenters. The van der Waals surface area contributed by atoms with Crippen LogP contribution in [0.1, 0.15) is 69.8 Å². The molecule has 7 rings (SSSR count). The van der Waals surface area contributed by atoms with Gasteiger partial charge >= 0.3 is 7.60 Å². The lowest BCUT2D eigenvalue weighted by Crippen LogP contribution is -2.52. The summed E-state index contributed by atoms with van der Waals surface area (Å²) in [6.45, 7) is 12.2. The molecule has 200 valence electrons. The number of ether oxygens (including phenoxy) is 1. The number of ketones is 1. The predicted octanol–water partition coefficient (Wildman–Crippen LogP) is 6.72. The van der Waals surface area contributed by atoms with E-state index in [1.807, 2.05) is 18.2 Å². The smallest absolute Gasteiger partial charge is 0.361 e. The van der Waals surface area contributed by atoms with Gasteiger partial charge in [0, 0.05) is 17.8 Å². The number of benzene rings is 1. The number of carbonyl (C=O) groups excluding carboxylic acids is 1. The fourth-order valence-electron chi connectivity index (χ4n) is 8.89.